The third-order valence-corrected chi connectivity index (χ3v) is 4.93. The van der Waals surface area contributed by atoms with Gasteiger partial charge < -0.3 is 19.9 Å². The second kappa shape index (κ2) is 11.4. The SMILES string of the molecule is COc1ccc(C(=O)COC(=O)c2ccc([N+](=O)OCC(=O)c3ccc(OC)cc3)c(N)c2)cc1. The van der Waals surface area contributed by atoms with Crippen molar-refractivity contribution in [2.24, 2.45) is 0 Å². The van der Waals surface area contributed by atoms with Crippen molar-refractivity contribution in [2.45, 2.75) is 0 Å². The van der Waals surface area contributed by atoms with Crippen molar-refractivity contribution in [3.63, 3.8) is 0 Å². The van der Waals surface area contributed by atoms with E-state index in [9.17, 15) is 19.3 Å². The van der Waals surface area contributed by atoms with Crippen LogP contribution in [-0.4, -0.2) is 49.9 Å². The Bertz CT molecular complexity index is 1240. The van der Waals surface area contributed by atoms with E-state index >= 15 is 0 Å². The zero-order valence-corrected chi connectivity index (χ0v) is 19.1. The van der Waals surface area contributed by atoms with E-state index in [1.54, 1.807) is 48.5 Å². The second-order valence-electron chi connectivity index (χ2n) is 7.18. The zero-order valence-electron chi connectivity index (χ0n) is 19.1. The molecule has 0 radical (unpaired) electrons. The highest BCUT2D eigenvalue weighted by Gasteiger charge is 2.24. The molecule has 180 valence electrons. The lowest BCUT2D eigenvalue weighted by Crippen LogP contribution is -2.16. The minimum Gasteiger partial charge on any atom is -0.497 e. The van der Waals surface area contributed by atoms with Crippen LogP contribution >= 0.6 is 0 Å². The number of carbonyl (C=O) groups is 3. The number of hydrogen-bond donors (Lipinski definition) is 1. The van der Waals surface area contributed by atoms with Crippen molar-refractivity contribution < 1.29 is 38.4 Å². The highest BCUT2D eigenvalue weighted by atomic mass is 16.8. The molecule has 0 aliphatic heterocycles. The molecular weight excluding hydrogens is 456 g/mol. The van der Waals surface area contributed by atoms with Crippen molar-refractivity contribution in [1.82, 2.24) is 0 Å². The van der Waals surface area contributed by atoms with Gasteiger partial charge in [0.2, 0.25) is 12.4 Å². The average molecular weight is 479 g/mol. The molecule has 3 aromatic carbocycles. The monoisotopic (exact) mass is 479 g/mol. The molecule has 0 aliphatic rings. The molecule has 0 atom stereocenters. The molecule has 10 nitrogen and oxygen atoms in total. The van der Waals surface area contributed by atoms with E-state index < -0.39 is 30.7 Å². The molecule has 35 heavy (non-hydrogen) atoms. The predicted molar refractivity (Wildman–Crippen MR) is 125 cm³/mol. The van der Waals surface area contributed by atoms with E-state index in [0.29, 0.717) is 22.6 Å². The van der Waals surface area contributed by atoms with E-state index in [1.165, 1.54) is 32.4 Å². The Balaban J connectivity index is 1.55. The van der Waals surface area contributed by atoms with E-state index in [2.05, 4.69) is 0 Å². The molecule has 0 aliphatic carbocycles. The maximum atomic E-state index is 12.3. The number of hydrogen-bond acceptors (Lipinski definition) is 9. The first-order chi connectivity index (χ1) is 16.8. The van der Waals surface area contributed by atoms with Crippen LogP contribution in [0.2, 0.25) is 0 Å². The number of esters is 1. The van der Waals surface area contributed by atoms with Gasteiger partial charge in [0, 0.05) is 17.2 Å². The van der Waals surface area contributed by atoms with E-state index in [4.69, 9.17) is 24.8 Å². The van der Waals surface area contributed by atoms with Crippen molar-refractivity contribution >= 4 is 28.9 Å². The van der Waals surface area contributed by atoms with E-state index in [0.717, 1.165) is 0 Å². The molecule has 0 aromatic heterocycles. The molecule has 0 amide bonds. The summed E-state index contributed by atoms with van der Waals surface area (Å²) in [5.41, 5.74) is 6.44. The zero-order chi connectivity index (χ0) is 25.4. The Hall–Kier alpha value is -4.73. The number of nitrogen functional groups attached to an aromatic ring is 1. The molecule has 0 saturated carbocycles. The number of carbonyl (C=O) groups excluding carboxylic acids is 3. The molecule has 3 rings (SSSR count). The van der Waals surface area contributed by atoms with Gasteiger partial charge in [0.15, 0.2) is 12.4 Å². The Morgan fingerprint density at radius 1 is 0.743 bits per heavy atom. The summed E-state index contributed by atoms with van der Waals surface area (Å²) < 4.78 is 15.1. The van der Waals surface area contributed by atoms with Gasteiger partial charge in [0.05, 0.1) is 24.7 Å². The summed E-state index contributed by atoms with van der Waals surface area (Å²) in [5.74, 6) is -0.432. The first-order valence-electron chi connectivity index (χ1n) is 10.3. The van der Waals surface area contributed by atoms with Gasteiger partial charge in [-0.05, 0) is 60.7 Å². The normalized spacial score (nSPS) is 10.2. The van der Waals surface area contributed by atoms with Crippen molar-refractivity contribution in [3.8, 4) is 11.5 Å². The summed E-state index contributed by atoms with van der Waals surface area (Å²) in [6.07, 6.45) is 0. The standard InChI is InChI=1S/C25H23N2O8/c1-32-19-8-3-16(4-9-19)23(28)14-34-25(30)18-7-12-22(21(26)13-18)27(31)35-15-24(29)17-5-10-20(33-2)11-6-17/h3-13H,14-15,26H2,1-2H3/q+1. The Labute approximate surface area is 200 Å². The Morgan fingerprint density at radius 3 is 1.71 bits per heavy atom. The number of rotatable bonds is 11. The number of ketones is 2. The first-order valence-corrected chi connectivity index (χ1v) is 10.3. The molecule has 0 heterocycles. The number of nitrogens with zero attached hydrogens (tertiary/aromatic N) is 1. The highest BCUT2D eigenvalue weighted by molar-refractivity contribution is 5.99. The minimum absolute atomic E-state index is 0.0384. The fourth-order valence-electron chi connectivity index (χ4n) is 2.97. The predicted octanol–water partition coefficient (Wildman–Crippen LogP) is 3.55. The number of benzene rings is 3. The maximum Gasteiger partial charge on any atom is 0.339 e. The van der Waals surface area contributed by atoms with Gasteiger partial charge in [-0.2, -0.15) is 0 Å². The van der Waals surface area contributed by atoms with Gasteiger partial charge in [-0.15, -0.1) is 0 Å². The van der Waals surface area contributed by atoms with Crippen LogP contribution in [0.15, 0.2) is 66.7 Å². The molecule has 0 bridgehead atoms. The molecule has 0 saturated heterocycles. The van der Waals surface area contributed by atoms with Gasteiger partial charge >= 0.3 is 11.7 Å². The van der Waals surface area contributed by atoms with Crippen molar-refractivity contribution in [2.75, 3.05) is 33.2 Å². The fraction of sp³-hybridized carbons (Fsp3) is 0.160. The van der Waals surface area contributed by atoms with Gasteiger partial charge in [0.1, 0.15) is 17.2 Å². The average Bonchev–Trinajstić information content (AvgIpc) is 2.89. The lowest BCUT2D eigenvalue weighted by molar-refractivity contribution is -0.741. The lowest BCUT2D eigenvalue weighted by Gasteiger charge is -2.06. The summed E-state index contributed by atoms with van der Waals surface area (Å²) >= 11 is 0. The number of methoxy groups -OCH3 is 2. The largest absolute Gasteiger partial charge is 0.497 e. The van der Waals surface area contributed by atoms with E-state index in [-0.39, 0.29) is 21.9 Å². The summed E-state index contributed by atoms with van der Waals surface area (Å²) in [7, 11) is 3.02. The topological polar surface area (TPSA) is 134 Å². The summed E-state index contributed by atoms with van der Waals surface area (Å²) in [6.45, 7) is -0.996. The van der Waals surface area contributed by atoms with Crippen LogP contribution in [0, 0.1) is 4.91 Å². The summed E-state index contributed by atoms with van der Waals surface area (Å²) in [4.78, 5) is 54.1. The van der Waals surface area contributed by atoms with Crippen LogP contribution in [0.4, 0.5) is 11.4 Å². The summed E-state index contributed by atoms with van der Waals surface area (Å²) in [6, 6.07) is 16.5. The molecule has 2 N–H and O–H groups in total. The molecule has 0 spiro atoms. The lowest BCUT2D eigenvalue weighted by atomic mass is 10.1. The minimum atomic E-state index is -0.793. The number of anilines is 1. The van der Waals surface area contributed by atoms with Crippen LogP contribution in [0.25, 0.3) is 0 Å². The van der Waals surface area contributed by atoms with Crippen molar-refractivity contribution in [1.29, 1.82) is 0 Å². The van der Waals surface area contributed by atoms with Crippen LogP contribution in [-0.2, 0) is 9.57 Å². The maximum absolute atomic E-state index is 12.3. The van der Waals surface area contributed by atoms with E-state index in [1.807, 2.05) is 0 Å². The number of Topliss-reactive ketones (excluding diaryl/α,β-unsaturated/α-hetero) is 2. The Kier molecular flexibility index (Phi) is 8.12. The van der Waals surface area contributed by atoms with Gasteiger partial charge in [0.25, 0.3) is 4.92 Å². The van der Waals surface area contributed by atoms with Gasteiger partial charge in [-0.1, -0.05) is 0 Å². The van der Waals surface area contributed by atoms with Crippen LogP contribution in [0.1, 0.15) is 31.1 Å². The van der Waals surface area contributed by atoms with Gasteiger partial charge in [-0.25, -0.2) is 9.63 Å². The third kappa shape index (κ3) is 6.41. The molecular formula is C25H23N2O8+. The Morgan fingerprint density at radius 2 is 1.23 bits per heavy atom. The molecule has 3 aromatic rings. The first kappa shape index (κ1) is 24.9. The molecule has 0 unspecified atom stereocenters. The van der Waals surface area contributed by atoms with Crippen LogP contribution in [0.3, 0.4) is 0 Å². The fourth-order valence-corrected chi connectivity index (χ4v) is 2.97. The smallest absolute Gasteiger partial charge is 0.339 e. The van der Waals surface area contributed by atoms with Gasteiger partial charge in [-0.3, -0.25) is 9.59 Å². The third-order valence-electron chi connectivity index (χ3n) is 4.93. The second-order valence-corrected chi connectivity index (χ2v) is 7.18. The quantitative estimate of drug-likeness (QED) is 0.190. The molecule has 0 fully saturated rings. The molecule has 10 heteroatoms. The van der Waals surface area contributed by atoms with Crippen LogP contribution < -0.4 is 15.2 Å². The number of ether oxygens (including phenoxy) is 3. The van der Waals surface area contributed by atoms with Crippen LogP contribution in [0.5, 0.6) is 11.5 Å². The highest BCUT2D eigenvalue weighted by Crippen LogP contribution is 2.24. The number of nitrogens with two attached hydrogens (primary N) is 1. The van der Waals surface area contributed by atoms with Crippen molar-refractivity contribution in [3.05, 3.63) is 88.3 Å². The summed E-state index contributed by atoms with van der Waals surface area (Å²) in [5, 5.41) is 0.